The molecular formula is C13H21NO4. The Labute approximate surface area is 107 Å². The Bertz CT molecular complexity index is 360. The van der Waals surface area contributed by atoms with Gasteiger partial charge in [-0.3, -0.25) is 4.79 Å². The van der Waals surface area contributed by atoms with E-state index in [4.69, 9.17) is 9.84 Å². The van der Waals surface area contributed by atoms with Gasteiger partial charge in [-0.2, -0.15) is 0 Å². The number of carbonyl (C=O) groups is 2. The van der Waals surface area contributed by atoms with E-state index < -0.39 is 17.7 Å². The minimum atomic E-state index is -0.738. The van der Waals surface area contributed by atoms with Crippen LogP contribution in [0.3, 0.4) is 0 Å². The number of nitrogens with one attached hydrogen (secondary N) is 1. The molecule has 2 aliphatic rings. The van der Waals surface area contributed by atoms with Crippen molar-refractivity contribution in [2.75, 3.05) is 0 Å². The van der Waals surface area contributed by atoms with Gasteiger partial charge in [0.1, 0.15) is 5.60 Å². The van der Waals surface area contributed by atoms with Gasteiger partial charge in [-0.15, -0.1) is 0 Å². The number of aliphatic carboxylic acids is 1. The van der Waals surface area contributed by atoms with Gasteiger partial charge in [0.15, 0.2) is 0 Å². The van der Waals surface area contributed by atoms with Gasteiger partial charge < -0.3 is 15.2 Å². The van der Waals surface area contributed by atoms with Crippen LogP contribution in [-0.4, -0.2) is 28.8 Å². The van der Waals surface area contributed by atoms with Crippen LogP contribution < -0.4 is 5.32 Å². The Morgan fingerprint density at radius 3 is 2.39 bits per heavy atom. The molecule has 2 aliphatic carbocycles. The largest absolute Gasteiger partial charge is 0.481 e. The molecule has 2 fully saturated rings. The van der Waals surface area contributed by atoms with Crippen molar-refractivity contribution in [3.8, 4) is 0 Å². The van der Waals surface area contributed by atoms with Gasteiger partial charge >= 0.3 is 12.1 Å². The maximum absolute atomic E-state index is 11.7. The molecule has 0 spiro atoms. The minimum Gasteiger partial charge on any atom is -0.481 e. The molecule has 0 aromatic carbocycles. The average molecular weight is 255 g/mol. The fourth-order valence-electron chi connectivity index (χ4n) is 3.26. The Morgan fingerprint density at radius 2 is 1.89 bits per heavy atom. The van der Waals surface area contributed by atoms with Crippen LogP contribution in [0.15, 0.2) is 0 Å². The first kappa shape index (κ1) is 13.2. The van der Waals surface area contributed by atoms with Crippen molar-refractivity contribution in [1.29, 1.82) is 0 Å². The molecule has 2 N–H and O–H groups in total. The first-order chi connectivity index (χ1) is 8.26. The number of hydrogen-bond donors (Lipinski definition) is 2. The second-order valence-corrected chi connectivity index (χ2v) is 6.43. The van der Waals surface area contributed by atoms with E-state index in [9.17, 15) is 9.59 Å². The third-order valence-corrected chi connectivity index (χ3v) is 3.83. The lowest BCUT2D eigenvalue weighted by molar-refractivity contribution is -0.143. The molecule has 5 heteroatoms. The molecule has 0 saturated heterocycles. The summed E-state index contributed by atoms with van der Waals surface area (Å²) in [6.07, 6.45) is 2.11. The fraction of sp³-hybridized carbons (Fsp3) is 0.846. The van der Waals surface area contributed by atoms with Gasteiger partial charge in [-0.05, 0) is 51.9 Å². The monoisotopic (exact) mass is 255 g/mol. The van der Waals surface area contributed by atoms with E-state index in [1.54, 1.807) is 0 Å². The predicted molar refractivity (Wildman–Crippen MR) is 65.1 cm³/mol. The van der Waals surface area contributed by atoms with Crippen molar-refractivity contribution >= 4 is 12.1 Å². The number of carboxylic acid groups (broad SMARTS) is 1. The molecule has 0 aromatic rings. The van der Waals surface area contributed by atoms with Gasteiger partial charge in [0.2, 0.25) is 0 Å². The molecule has 4 atom stereocenters. The van der Waals surface area contributed by atoms with E-state index >= 15 is 0 Å². The van der Waals surface area contributed by atoms with Crippen LogP contribution >= 0.6 is 0 Å². The Kier molecular flexibility index (Phi) is 3.25. The SMILES string of the molecule is CC(C)(C)OC(=O)N[C@H]1C[C@@H]2C[C@@H]1[C@H](C(=O)O)C2. The number of rotatable bonds is 2. The topological polar surface area (TPSA) is 75.6 Å². The van der Waals surface area contributed by atoms with E-state index in [-0.39, 0.29) is 17.9 Å². The molecule has 0 heterocycles. The fourth-order valence-corrected chi connectivity index (χ4v) is 3.26. The lowest BCUT2D eigenvalue weighted by Crippen LogP contribution is -2.44. The predicted octanol–water partition coefficient (Wildman–Crippen LogP) is 2.01. The second kappa shape index (κ2) is 4.44. The van der Waals surface area contributed by atoms with Crippen molar-refractivity contribution in [2.45, 2.75) is 51.7 Å². The molecule has 102 valence electrons. The summed E-state index contributed by atoms with van der Waals surface area (Å²) in [7, 11) is 0. The zero-order chi connectivity index (χ0) is 13.5. The van der Waals surface area contributed by atoms with Gasteiger partial charge in [-0.1, -0.05) is 0 Å². The Hall–Kier alpha value is -1.26. The van der Waals surface area contributed by atoms with E-state index in [0.717, 1.165) is 19.3 Å². The molecule has 0 unspecified atom stereocenters. The number of alkyl carbamates (subject to hydrolysis) is 1. The lowest BCUT2D eigenvalue weighted by Gasteiger charge is -2.29. The number of carboxylic acids is 1. The van der Waals surface area contributed by atoms with Crippen molar-refractivity contribution in [2.24, 2.45) is 17.8 Å². The van der Waals surface area contributed by atoms with Crippen LogP contribution in [-0.2, 0) is 9.53 Å². The number of amides is 1. The Morgan fingerprint density at radius 1 is 1.22 bits per heavy atom. The summed E-state index contributed by atoms with van der Waals surface area (Å²) in [5, 5.41) is 12.0. The van der Waals surface area contributed by atoms with E-state index in [1.165, 1.54) is 0 Å². The Balaban J connectivity index is 1.92. The highest BCUT2D eigenvalue weighted by Crippen LogP contribution is 2.48. The maximum atomic E-state index is 11.7. The van der Waals surface area contributed by atoms with Crippen LogP contribution in [0.1, 0.15) is 40.0 Å². The first-order valence-corrected chi connectivity index (χ1v) is 6.48. The summed E-state index contributed by atoms with van der Waals surface area (Å²) in [6, 6.07) is -0.0419. The molecular weight excluding hydrogens is 234 g/mol. The molecule has 18 heavy (non-hydrogen) atoms. The normalized spacial score (nSPS) is 34.4. The zero-order valence-electron chi connectivity index (χ0n) is 11.1. The molecule has 2 saturated carbocycles. The van der Waals surface area contributed by atoms with Crippen LogP contribution in [0, 0.1) is 17.8 Å². The molecule has 2 rings (SSSR count). The summed E-state index contributed by atoms with van der Waals surface area (Å²) < 4.78 is 5.21. The number of ether oxygens (including phenoxy) is 1. The van der Waals surface area contributed by atoms with Crippen LogP contribution in [0.25, 0.3) is 0 Å². The number of carbonyl (C=O) groups excluding carboxylic acids is 1. The smallest absolute Gasteiger partial charge is 0.407 e. The molecule has 5 nitrogen and oxygen atoms in total. The second-order valence-electron chi connectivity index (χ2n) is 6.43. The number of hydrogen-bond acceptors (Lipinski definition) is 3. The summed E-state index contributed by atoms with van der Waals surface area (Å²) in [6.45, 7) is 5.44. The summed E-state index contributed by atoms with van der Waals surface area (Å²) in [5.41, 5.74) is -0.520. The molecule has 1 amide bonds. The lowest BCUT2D eigenvalue weighted by atomic mass is 9.85. The van der Waals surface area contributed by atoms with Gasteiger partial charge in [-0.25, -0.2) is 4.79 Å². The van der Waals surface area contributed by atoms with Gasteiger partial charge in [0.05, 0.1) is 5.92 Å². The molecule has 0 aliphatic heterocycles. The highest BCUT2D eigenvalue weighted by Gasteiger charge is 2.49. The zero-order valence-corrected chi connectivity index (χ0v) is 11.1. The third kappa shape index (κ3) is 2.76. The van der Waals surface area contributed by atoms with Crippen molar-refractivity contribution in [3.05, 3.63) is 0 Å². The molecule has 0 aromatic heterocycles. The standard InChI is InChI=1S/C13H21NO4/c1-13(2,3)18-12(17)14-10-6-7-4-8(10)9(5-7)11(15)16/h7-10H,4-6H2,1-3H3,(H,14,17)(H,15,16)/t7-,8-,9-,10+/m1/s1. The first-order valence-electron chi connectivity index (χ1n) is 6.48. The summed E-state index contributed by atoms with van der Waals surface area (Å²) >= 11 is 0. The molecule has 0 radical (unpaired) electrons. The van der Waals surface area contributed by atoms with E-state index in [1.807, 2.05) is 20.8 Å². The van der Waals surface area contributed by atoms with E-state index in [0.29, 0.717) is 5.92 Å². The van der Waals surface area contributed by atoms with Crippen molar-refractivity contribution in [1.82, 2.24) is 5.32 Å². The highest BCUT2D eigenvalue weighted by atomic mass is 16.6. The summed E-state index contributed by atoms with van der Waals surface area (Å²) in [4.78, 5) is 22.8. The van der Waals surface area contributed by atoms with Crippen LogP contribution in [0.4, 0.5) is 4.79 Å². The van der Waals surface area contributed by atoms with Gasteiger partial charge in [0, 0.05) is 6.04 Å². The van der Waals surface area contributed by atoms with Crippen molar-refractivity contribution in [3.63, 3.8) is 0 Å². The van der Waals surface area contributed by atoms with E-state index in [2.05, 4.69) is 5.32 Å². The minimum absolute atomic E-state index is 0.0419. The highest BCUT2D eigenvalue weighted by molar-refractivity contribution is 5.72. The van der Waals surface area contributed by atoms with Crippen molar-refractivity contribution < 1.29 is 19.4 Å². The maximum Gasteiger partial charge on any atom is 0.407 e. The summed E-state index contributed by atoms with van der Waals surface area (Å²) in [5.74, 6) is -0.530. The van der Waals surface area contributed by atoms with Gasteiger partial charge in [0.25, 0.3) is 0 Å². The molecule has 2 bridgehead atoms. The average Bonchev–Trinajstić information content (AvgIpc) is 2.72. The van der Waals surface area contributed by atoms with Crippen LogP contribution in [0.2, 0.25) is 0 Å². The van der Waals surface area contributed by atoms with Crippen LogP contribution in [0.5, 0.6) is 0 Å². The quantitative estimate of drug-likeness (QED) is 0.791. The number of fused-ring (bicyclic) bond motifs is 2. The third-order valence-electron chi connectivity index (χ3n) is 3.83.